The second-order valence-corrected chi connectivity index (χ2v) is 8.50. The van der Waals surface area contributed by atoms with E-state index in [0.717, 1.165) is 0 Å². The predicted molar refractivity (Wildman–Crippen MR) is 99.8 cm³/mol. The van der Waals surface area contributed by atoms with E-state index in [2.05, 4.69) is 16.4 Å². The molecule has 4 heteroatoms. The Morgan fingerprint density at radius 2 is 2.04 bits per heavy atom. The number of hydrogen-bond donors (Lipinski definition) is 0. The van der Waals surface area contributed by atoms with Crippen molar-refractivity contribution in [3.8, 4) is 0 Å². The quantitative estimate of drug-likeness (QED) is 0.335. The molecule has 0 radical (unpaired) electrons. The van der Waals surface area contributed by atoms with E-state index < -0.39 is 16.5 Å². The zero-order valence-electron chi connectivity index (χ0n) is 14.6. The van der Waals surface area contributed by atoms with E-state index in [9.17, 15) is 0 Å². The van der Waals surface area contributed by atoms with Crippen LogP contribution < -0.4 is 0 Å². The third-order valence-electron chi connectivity index (χ3n) is 6.43. The molecule has 1 fully saturated rings. The second-order valence-electron chi connectivity index (χ2n) is 7.97. The Hall–Kier alpha value is -1.92. The fourth-order valence-corrected chi connectivity index (χ4v) is 5.22. The predicted octanol–water partition coefficient (Wildman–Crippen LogP) is 5.97. The molecule has 1 aliphatic heterocycles. The molecule has 1 heterocycles. The van der Waals surface area contributed by atoms with Gasteiger partial charge in [0.05, 0.1) is 18.0 Å². The van der Waals surface area contributed by atoms with Crippen molar-refractivity contribution in [1.29, 1.82) is 0 Å². The van der Waals surface area contributed by atoms with Gasteiger partial charge in [-0.1, -0.05) is 45.0 Å². The summed E-state index contributed by atoms with van der Waals surface area (Å²) in [4.78, 5) is 8.45. The Labute approximate surface area is 152 Å². The highest BCUT2D eigenvalue weighted by Crippen LogP contribution is 2.67. The van der Waals surface area contributed by atoms with Gasteiger partial charge in [-0.25, -0.2) is 9.24 Å². The van der Waals surface area contributed by atoms with Crippen molar-refractivity contribution in [3.05, 3.63) is 65.2 Å². The standard InChI is InChI=1S/C21H20ClFN2/c1-6-20(4)15(22)11-13-16(17(20)24-5)21(23)12-9-7-8-10-14(12)25-18(21)19(13,2)3/h6-10,13,15H,1,11H2,2-4H3. The van der Waals surface area contributed by atoms with Crippen LogP contribution >= 0.6 is 11.6 Å². The third-order valence-corrected chi connectivity index (χ3v) is 7.06. The minimum atomic E-state index is -1.81. The van der Waals surface area contributed by atoms with Crippen molar-refractivity contribution < 1.29 is 4.39 Å². The molecule has 4 atom stereocenters. The average molecular weight is 355 g/mol. The lowest BCUT2D eigenvalue weighted by Crippen LogP contribution is -2.39. The topological polar surface area (TPSA) is 16.7 Å². The molecule has 2 aliphatic carbocycles. The van der Waals surface area contributed by atoms with E-state index >= 15 is 4.39 Å². The smallest absolute Gasteiger partial charge is 0.189 e. The minimum absolute atomic E-state index is 0.135. The van der Waals surface area contributed by atoms with Crippen LogP contribution in [0, 0.1) is 23.3 Å². The molecule has 25 heavy (non-hydrogen) atoms. The van der Waals surface area contributed by atoms with Gasteiger partial charge in [0.1, 0.15) is 0 Å². The van der Waals surface area contributed by atoms with Crippen molar-refractivity contribution in [1.82, 2.24) is 0 Å². The number of nitrogens with zero attached hydrogens (tertiary/aromatic N) is 2. The highest BCUT2D eigenvalue weighted by atomic mass is 35.5. The van der Waals surface area contributed by atoms with Crippen molar-refractivity contribution in [2.24, 2.45) is 21.7 Å². The molecule has 0 spiro atoms. The molecule has 1 aromatic carbocycles. The molecule has 4 unspecified atom stereocenters. The summed E-state index contributed by atoms with van der Waals surface area (Å²) < 4.78 is 16.8. The van der Waals surface area contributed by atoms with Crippen LogP contribution in [0.25, 0.3) is 4.85 Å². The summed E-state index contributed by atoms with van der Waals surface area (Å²) >= 11 is 6.68. The van der Waals surface area contributed by atoms with Crippen molar-refractivity contribution >= 4 is 23.0 Å². The van der Waals surface area contributed by atoms with Gasteiger partial charge in [-0.2, -0.15) is 0 Å². The highest BCUT2D eigenvalue weighted by molar-refractivity contribution is 6.22. The first kappa shape index (κ1) is 16.5. The molecule has 0 amide bonds. The number of aliphatic imine (C=N–C) groups is 1. The van der Waals surface area contributed by atoms with E-state index in [1.54, 1.807) is 12.1 Å². The summed E-state index contributed by atoms with van der Waals surface area (Å²) in [5.41, 5.74) is -0.364. The molecule has 0 N–H and O–H groups in total. The number of hydrogen-bond acceptors (Lipinski definition) is 1. The molecule has 0 saturated heterocycles. The fourth-order valence-electron chi connectivity index (χ4n) is 4.85. The van der Waals surface area contributed by atoms with Gasteiger partial charge in [0, 0.05) is 21.8 Å². The van der Waals surface area contributed by atoms with Gasteiger partial charge in [0.15, 0.2) is 11.4 Å². The monoisotopic (exact) mass is 354 g/mol. The molecular formula is C21H20ClFN2. The summed E-state index contributed by atoms with van der Waals surface area (Å²) in [5, 5.41) is -0.291. The third kappa shape index (κ3) is 1.71. The zero-order valence-corrected chi connectivity index (χ0v) is 15.4. The van der Waals surface area contributed by atoms with Crippen molar-refractivity contribution in [2.75, 3.05) is 0 Å². The SMILES string of the molecule is [C-]#[N+]C1=C2C(CC(Cl)C1(C)C=C)C(C)(C)C1=Nc3ccccc3C12F. The first-order chi connectivity index (χ1) is 11.7. The van der Waals surface area contributed by atoms with Gasteiger partial charge < -0.3 is 0 Å². The Balaban J connectivity index is 2.12. The number of alkyl halides is 2. The molecule has 128 valence electrons. The molecule has 2 nitrogen and oxygen atoms in total. The maximum absolute atomic E-state index is 16.8. The Kier molecular flexibility index (Phi) is 3.19. The normalized spacial score (nSPS) is 37.7. The average Bonchev–Trinajstić information content (AvgIpc) is 2.98. The van der Waals surface area contributed by atoms with Gasteiger partial charge in [0.2, 0.25) is 0 Å². The fraction of sp³-hybridized carbons (Fsp3) is 0.429. The summed E-state index contributed by atoms with van der Waals surface area (Å²) in [5.74, 6) is -0.135. The van der Waals surface area contributed by atoms with Crippen LogP contribution in [0.1, 0.15) is 32.8 Å². The summed E-state index contributed by atoms with van der Waals surface area (Å²) in [6.07, 6.45) is 2.31. The first-order valence-electron chi connectivity index (χ1n) is 8.51. The molecular weight excluding hydrogens is 335 g/mol. The zero-order chi connectivity index (χ0) is 18.2. The Morgan fingerprint density at radius 1 is 1.36 bits per heavy atom. The number of benzene rings is 1. The Bertz CT molecular complexity index is 907. The van der Waals surface area contributed by atoms with Gasteiger partial charge in [-0.15, -0.1) is 18.2 Å². The molecule has 0 bridgehead atoms. The molecule has 0 aromatic heterocycles. The molecule has 1 aromatic rings. The largest absolute Gasteiger partial charge is 0.253 e. The van der Waals surface area contributed by atoms with E-state index in [-0.39, 0.29) is 11.3 Å². The van der Waals surface area contributed by atoms with E-state index in [1.165, 1.54) is 0 Å². The van der Waals surface area contributed by atoms with Crippen LogP contribution in [0.15, 0.2) is 53.2 Å². The van der Waals surface area contributed by atoms with Crippen molar-refractivity contribution in [2.45, 2.75) is 38.2 Å². The maximum Gasteiger partial charge on any atom is 0.189 e. The minimum Gasteiger partial charge on any atom is -0.253 e. The molecule has 1 saturated carbocycles. The number of halogens is 2. The number of fused-ring (bicyclic) bond motifs is 5. The number of allylic oxidation sites excluding steroid dienone is 2. The lowest BCUT2D eigenvalue weighted by atomic mass is 9.65. The lowest BCUT2D eigenvalue weighted by molar-refractivity contribution is 0.260. The molecule has 4 rings (SSSR count). The summed E-state index contributed by atoms with van der Waals surface area (Å²) in [7, 11) is 0. The van der Waals surface area contributed by atoms with E-state index in [4.69, 9.17) is 18.2 Å². The molecule has 3 aliphatic rings. The van der Waals surface area contributed by atoms with Crippen LogP contribution in [0.5, 0.6) is 0 Å². The Morgan fingerprint density at radius 3 is 2.68 bits per heavy atom. The highest BCUT2D eigenvalue weighted by Gasteiger charge is 2.67. The second kappa shape index (κ2) is 4.83. The van der Waals surface area contributed by atoms with Gasteiger partial charge in [-0.3, -0.25) is 4.99 Å². The number of rotatable bonds is 1. The lowest BCUT2D eigenvalue weighted by Gasteiger charge is -2.42. The van der Waals surface area contributed by atoms with Crippen LogP contribution in [-0.2, 0) is 5.67 Å². The summed E-state index contributed by atoms with van der Waals surface area (Å²) in [6.45, 7) is 17.6. The van der Waals surface area contributed by atoms with Crippen molar-refractivity contribution in [3.63, 3.8) is 0 Å². The van der Waals surface area contributed by atoms with E-state index in [0.29, 0.717) is 34.7 Å². The van der Waals surface area contributed by atoms with Crippen LogP contribution in [-0.4, -0.2) is 11.1 Å². The van der Waals surface area contributed by atoms with E-state index in [1.807, 2.05) is 39.0 Å². The van der Waals surface area contributed by atoms with Gasteiger partial charge in [-0.05, 0) is 24.0 Å². The summed E-state index contributed by atoms with van der Waals surface area (Å²) in [6, 6.07) is 7.32. The van der Waals surface area contributed by atoms with Crippen LogP contribution in [0.3, 0.4) is 0 Å². The van der Waals surface area contributed by atoms with Crippen LogP contribution in [0.4, 0.5) is 10.1 Å². The first-order valence-corrected chi connectivity index (χ1v) is 8.94. The maximum atomic E-state index is 16.8. The number of para-hydroxylation sites is 1. The van der Waals surface area contributed by atoms with Gasteiger partial charge >= 0.3 is 0 Å². The van der Waals surface area contributed by atoms with Gasteiger partial charge in [0.25, 0.3) is 0 Å². The van der Waals surface area contributed by atoms with Crippen LogP contribution in [0.2, 0.25) is 0 Å².